The van der Waals surface area contributed by atoms with Crippen molar-refractivity contribution in [2.75, 3.05) is 17.4 Å². The number of rotatable bonds is 4. The first-order chi connectivity index (χ1) is 8.61. The van der Waals surface area contributed by atoms with Crippen LogP contribution in [0.2, 0.25) is 0 Å². The predicted molar refractivity (Wildman–Crippen MR) is 81.7 cm³/mol. The number of anilines is 2. The third kappa shape index (κ3) is 3.00. The molecule has 3 N–H and O–H groups in total. The summed E-state index contributed by atoms with van der Waals surface area (Å²) in [6.07, 6.45) is 1.48. The van der Waals surface area contributed by atoms with E-state index >= 15 is 0 Å². The summed E-state index contributed by atoms with van der Waals surface area (Å²) in [6, 6.07) is 2.10. The molecule has 18 heavy (non-hydrogen) atoms. The Hall–Kier alpha value is -0.700. The maximum Gasteiger partial charge on any atom is 0.159 e. The van der Waals surface area contributed by atoms with Gasteiger partial charge in [-0.05, 0) is 48.9 Å². The SMILES string of the molecule is CN(Cc1csc(Br)c1)c1ncnc(NN)c1Br. The van der Waals surface area contributed by atoms with Crippen LogP contribution in [0.5, 0.6) is 0 Å². The van der Waals surface area contributed by atoms with Crippen LogP contribution in [0.1, 0.15) is 5.56 Å². The molecule has 2 aromatic rings. The second-order valence-corrected chi connectivity index (χ2v) is 6.70. The number of hydrogen-bond donors (Lipinski definition) is 2. The highest BCUT2D eigenvalue weighted by molar-refractivity contribution is 9.11. The second-order valence-electron chi connectivity index (χ2n) is 3.62. The number of nitrogens with zero attached hydrogens (tertiary/aromatic N) is 3. The van der Waals surface area contributed by atoms with Crippen LogP contribution in [0, 0.1) is 0 Å². The third-order valence-electron chi connectivity index (χ3n) is 2.31. The number of nitrogens with one attached hydrogen (secondary N) is 1. The Labute approximate surface area is 126 Å². The molecule has 0 amide bonds. The zero-order valence-corrected chi connectivity index (χ0v) is 13.5. The van der Waals surface area contributed by atoms with E-state index in [1.54, 1.807) is 11.3 Å². The molecule has 8 heteroatoms. The van der Waals surface area contributed by atoms with Crippen molar-refractivity contribution in [1.82, 2.24) is 9.97 Å². The minimum absolute atomic E-state index is 0.568. The molecule has 2 rings (SSSR count). The molecule has 0 aliphatic rings. The molecule has 0 spiro atoms. The number of thiophene rings is 1. The molecule has 0 aromatic carbocycles. The maximum atomic E-state index is 5.38. The van der Waals surface area contributed by atoms with E-state index in [1.807, 2.05) is 11.9 Å². The first-order valence-corrected chi connectivity index (χ1v) is 7.49. The molecule has 0 radical (unpaired) electrons. The quantitative estimate of drug-likeness (QED) is 0.618. The van der Waals surface area contributed by atoms with E-state index in [-0.39, 0.29) is 0 Å². The van der Waals surface area contributed by atoms with E-state index in [1.165, 1.54) is 11.9 Å². The number of nitrogen functional groups attached to an aromatic ring is 1. The summed E-state index contributed by atoms with van der Waals surface area (Å²) < 4.78 is 1.88. The van der Waals surface area contributed by atoms with Crippen molar-refractivity contribution in [3.63, 3.8) is 0 Å². The number of hydrogen-bond acceptors (Lipinski definition) is 6. The topological polar surface area (TPSA) is 67.1 Å². The van der Waals surface area contributed by atoms with Gasteiger partial charge in [0.05, 0.1) is 3.79 Å². The van der Waals surface area contributed by atoms with E-state index in [4.69, 9.17) is 5.84 Å². The molecule has 0 fully saturated rings. The highest BCUT2D eigenvalue weighted by atomic mass is 79.9. The molecule has 0 atom stereocenters. The first kappa shape index (κ1) is 13.7. The molecule has 0 bridgehead atoms. The number of nitrogens with two attached hydrogens (primary N) is 1. The van der Waals surface area contributed by atoms with E-state index in [9.17, 15) is 0 Å². The lowest BCUT2D eigenvalue weighted by molar-refractivity contribution is 0.889. The second kappa shape index (κ2) is 5.96. The van der Waals surface area contributed by atoms with Gasteiger partial charge in [-0.1, -0.05) is 0 Å². The Kier molecular flexibility index (Phi) is 4.55. The summed E-state index contributed by atoms with van der Waals surface area (Å²) in [5.74, 6) is 6.74. The molecule has 96 valence electrons. The lowest BCUT2D eigenvalue weighted by Gasteiger charge is -2.19. The van der Waals surface area contributed by atoms with Crippen molar-refractivity contribution in [2.24, 2.45) is 5.84 Å². The summed E-state index contributed by atoms with van der Waals surface area (Å²) in [5, 5.41) is 2.11. The molecule has 0 aliphatic heterocycles. The summed E-state index contributed by atoms with van der Waals surface area (Å²) in [6.45, 7) is 0.766. The van der Waals surface area contributed by atoms with Gasteiger partial charge in [-0.15, -0.1) is 11.3 Å². The standard InChI is InChI=1S/C10H11Br2N5S/c1-17(3-6-2-7(11)18-4-6)10-8(12)9(16-13)14-5-15-10/h2,4-5H,3,13H2,1H3,(H,14,15,16). The van der Waals surface area contributed by atoms with Crippen LogP contribution in [-0.4, -0.2) is 17.0 Å². The molecular weight excluding hydrogens is 382 g/mol. The lowest BCUT2D eigenvalue weighted by atomic mass is 10.3. The number of hydrazine groups is 1. The molecule has 0 saturated heterocycles. The predicted octanol–water partition coefficient (Wildman–Crippen LogP) is 2.99. The molecule has 0 saturated carbocycles. The van der Waals surface area contributed by atoms with Crippen LogP contribution < -0.4 is 16.2 Å². The third-order valence-corrected chi connectivity index (χ3v) is 4.59. The Balaban J connectivity index is 2.21. The minimum atomic E-state index is 0.568. The zero-order valence-electron chi connectivity index (χ0n) is 9.52. The smallest absolute Gasteiger partial charge is 0.159 e. The average Bonchev–Trinajstić information content (AvgIpc) is 2.75. The van der Waals surface area contributed by atoms with Crippen LogP contribution in [0.3, 0.4) is 0 Å². The van der Waals surface area contributed by atoms with Crippen LogP contribution in [-0.2, 0) is 6.54 Å². The van der Waals surface area contributed by atoms with Crippen molar-refractivity contribution in [1.29, 1.82) is 0 Å². The van der Waals surface area contributed by atoms with E-state index in [0.29, 0.717) is 5.82 Å². The lowest BCUT2D eigenvalue weighted by Crippen LogP contribution is -2.19. The van der Waals surface area contributed by atoms with Gasteiger partial charge in [0, 0.05) is 13.6 Å². The Morgan fingerprint density at radius 3 is 2.83 bits per heavy atom. The average molecular weight is 393 g/mol. The zero-order chi connectivity index (χ0) is 13.1. The summed E-state index contributed by atoms with van der Waals surface area (Å²) in [5.41, 5.74) is 3.75. The van der Waals surface area contributed by atoms with Gasteiger partial charge in [-0.2, -0.15) is 0 Å². The molecular formula is C10H11Br2N5S. The van der Waals surface area contributed by atoms with Crippen molar-refractivity contribution >= 4 is 54.8 Å². The Morgan fingerprint density at radius 1 is 1.44 bits per heavy atom. The molecule has 5 nitrogen and oxygen atoms in total. The van der Waals surface area contributed by atoms with Crippen LogP contribution in [0.4, 0.5) is 11.6 Å². The molecule has 2 aromatic heterocycles. The van der Waals surface area contributed by atoms with Crippen molar-refractivity contribution < 1.29 is 0 Å². The van der Waals surface area contributed by atoms with Crippen molar-refractivity contribution in [3.8, 4) is 0 Å². The molecule has 0 aliphatic carbocycles. The summed E-state index contributed by atoms with van der Waals surface area (Å²) >= 11 is 8.57. The van der Waals surface area contributed by atoms with E-state index in [2.05, 4.69) is 58.7 Å². The fourth-order valence-corrected chi connectivity index (χ4v) is 3.33. The highest BCUT2D eigenvalue weighted by Crippen LogP contribution is 2.30. The maximum absolute atomic E-state index is 5.38. The Morgan fingerprint density at radius 2 is 2.22 bits per heavy atom. The molecule has 2 heterocycles. The van der Waals surface area contributed by atoms with Crippen molar-refractivity contribution in [2.45, 2.75) is 6.54 Å². The highest BCUT2D eigenvalue weighted by Gasteiger charge is 2.12. The normalized spacial score (nSPS) is 10.4. The number of aromatic nitrogens is 2. The molecule has 0 unspecified atom stereocenters. The van der Waals surface area contributed by atoms with Gasteiger partial charge in [0.15, 0.2) is 5.82 Å². The summed E-state index contributed by atoms with van der Waals surface area (Å²) in [7, 11) is 1.97. The van der Waals surface area contributed by atoms with Gasteiger partial charge in [0.25, 0.3) is 0 Å². The van der Waals surface area contributed by atoms with E-state index < -0.39 is 0 Å². The largest absolute Gasteiger partial charge is 0.354 e. The van der Waals surface area contributed by atoms with Gasteiger partial charge in [-0.25, -0.2) is 15.8 Å². The monoisotopic (exact) mass is 391 g/mol. The minimum Gasteiger partial charge on any atom is -0.354 e. The van der Waals surface area contributed by atoms with Crippen LogP contribution in [0.15, 0.2) is 26.0 Å². The van der Waals surface area contributed by atoms with Gasteiger partial charge in [0.2, 0.25) is 0 Å². The van der Waals surface area contributed by atoms with Crippen LogP contribution in [0.25, 0.3) is 0 Å². The Bertz CT molecular complexity index is 545. The van der Waals surface area contributed by atoms with Crippen LogP contribution >= 0.6 is 43.2 Å². The van der Waals surface area contributed by atoms with E-state index in [0.717, 1.165) is 20.6 Å². The van der Waals surface area contributed by atoms with Gasteiger partial charge in [0.1, 0.15) is 16.6 Å². The fourth-order valence-electron chi connectivity index (χ4n) is 1.50. The van der Waals surface area contributed by atoms with Gasteiger partial charge >= 0.3 is 0 Å². The van der Waals surface area contributed by atoms with Gasteiger partial charge in [-0.3, -0.25) is 0 Å². The fraction of sp³-hybridized carbons (Fsp3) is 0.200. The summed E-state index contributed by atoms with van der Waals surface area (Å²) in [4.78, 5) is 10.3. The first-order valence-electron chi connectivity index (χ1n) is 5.03. The van der Waals surface area contributed by atoms with Gasteiger partial charge < -0.3 is 10.3 Å². The number of halogens is 2. The van der Waals surface area contributed by atoms with Crippen molar-refractivity contribution in [3.05, 3.63) is 31.6 Å².